The number of nitrogens with zero attached hydrogens (tertiary/aromatic N) is 2. The maximum absolute atomic E-state index is 13.5. The molecular weight excluding hydrogens is 728 g/mol. The third-order valence-corrected chi connectivity index (χ3v) is 11.8. The molecule has 4 atom stereocenters. The van der Waals surface area contributed by atoms with E-state index in [1.807, 2.05) is 36.5 Å². The molecule has 16 heteroatoms. The monoisotopic (exact) mass is 776 g/mol. The maximum atomic E-state index is 13.5. The molecule has 1 aromatic heterocycles. The van der Waals surface area contributed by atoms with Crippen molar-refractivity contribution in [3.63, 3.8) is 0 Å². The van der Waals surface area contributed by atoms with Gasteiger partial charge in [0.25, 0.3) is 0 Å². The van der Waals surface area contributed by atoms with Crippen molar-refractivity contribution in [2.75, 3.05) is 33.4 Å². The number of aliphatic hydroxyl groups is 5. The van der Waals surface area contributed by atoms with E-state index < -0.39 is 59.2 Å². The van der Waals surface area contributed by atoms with Crippen LogP contribution in [0, 0.1) is 0 Å². The maximum Gasteiger partial charge on any atom is 0.315 e. The van der Waals surface area contributed by atoms with Crippen LogP contribution in [-0.2, 0) is 27.0 Å². The molecule has 290 valence electrons. The molecule has 53 heavy (non-hydrogen) atoms. The molecule has 2 fully saturated rings. The highest BCUT2D eigenvalue weighted by Gasteiger charge is 2.48. The number of sulfonamides is 1. The van der Waals surface area contributed by atoms with Gasteiger partial charge in [0, 0.05) is 48.7 Å². The van der Waals surface area contributed by atoms with Gasteiger partial charge in [0.1, 0.15) is 24.1 Å². The van der Waals surface area contributed by atoms with Crippen LogP contribution >= 0.6 is 11.6 Å². The predicted octanol–water partition coefficient (Wildman–Crippen LogP) is 2.68. The fourth-order valence-corrected chi connectivity index (χ4v) is 7.40. The first kappa shape index (κ1) is 40.8. The van der Waals surface area contributed by atoms with Gasteiger partial charge in [-0.1, -0.05) is 36.2 Å². The summed E-state index contributed by atoms with van der Waals surface area (Å²) in [6.45, 7) is -0.972. The van der Waals surface area contributed by atoms with Crippen LogP contribution in [0.25, 0.3) is 11.1 Å². The number of nitrogens with one attached hydrogen (secondary N) is 2. The van der Waals surface area contributed by atoms with Gasteiger partial charge in [-0.25, -0.2) is 17.5 Å². The zero-order valence-electron chi connectivity index (χ0n) is 29.6. The largest absolute Gasteiger partial charge is 0.490 e. The standard InChI is InChI=1S/C37H49ClN4O10S/c1-42(18-6-2-5-16-40-36(48)41-31(21-43)34(46)35(47)32(45)22-44)53(49,50)26-11-12-30(38)24(19-26)23-51-37(14-15-37)29-20-39-17-13-27(29)28-7-3-4-8-33(28)52-25-9-10-25/h3-4,7-8,11-13,17,19-20,25,31-32,34-35,43-47H,2,5-6,9-10,14-16,18,21-23H2,1H3,(H2,40,41,48)/t31-,32+,34+,35+/m1/s1. The first-order valence-electron chi connectivity index (χ1n) is 17.8. The number of ether oxygens (including phenoxy) is 2. The van der Waals surface area contributed by atoms with Crippen LogP contribution in [0.3, 0.4) is 0 Å². The number of hydrogen-bond acceptors (Lipinski definition) is 11. The van der Waals surface area contributed by atoms with Crippen molar-refractivity contribution in [1.82, 2.24) is 19.9 Å². The Morgan fingerprint density at radius 2 is 1.77 bits per heavy atom. The number of carbonyl (C=O) groups is 1. The lowest BCUT2D eigenvalue weighted by Gasteiger charge is -2.28. The fraction of sp³-hybridized carbons (Fsp3) is 0.514. The number of urea groups is 1. The van der Waals surface area contributed by atoms with E-state index in [4.69, 9.17) is 26.2 Å². The van der Waals surface area contributed by atoms with Gasteiger partial charge < -0.3 is 45.6 Å². The first-order chi connectivity index (χ1) is 25.4. The molecule has 0 unspecified atom stereocenters. The van der Waals surface area contributed by atoms with Gasteiger partial charge in [0.15, 0.2) is 0 Å². The van der Waals surface area contributed by atoms with Crippen LogP contribution < -0.4 is 15.4 Å². The summed E-state index contributed by atoms with van der Waals surface area (Å²) < 4.78 is 41.0. The number of aliphatic hydroxyl groups excluding tert-OH is 5. The molecule has 2 aromatic carbocycles. The summed E-state index contributed by atoms with van der Waals surface area (Å²) in [5.41, 5.74) is 2.87. The van der Waals surface area contributed by atoms with E-state index in [9.17, 15) is 33.6 Å². The van der Waals surface area contributed by atoms with Gasteiger partial charge in [-0.15, -0.1) is 0 Å². The Bertz CT molecular complexity index is 1790. The van der Waals surface area contributed by atoms with Crippen LogP contribution in [0.5, 0.6) is 5.75 Å². The average Bonchev–Trinajstić information content (AvgIpc) is 4.11. The third-order valence-electron chi connectivity index (χ3n) is 9.53. The lowest BCUT2D eigenvalue weighted by molar-refractivity contribution is -0.0902. The van der Waals surface area contributed by atoms with Crippen LogP contribution in [0.1, 0.15) is 56.1 Å². The van der Waals surface area contributed by atoms with Crippen molar-refractivity contribution >= 4 is 27.7 Å². The minimum atomic E-state index is -3.85. The number of para-hydroxylation sites is 1. The van der Waals surface area contributed by atoms with Gasteiger partial charge in [-0.3, -0.25) is 4.98 Å². The third kappa shape index (κ3) is 10.4. The van der Waals surface area contributed by atoms with E-state index in [2.05, 4.69) is 15.6 Å². The molecule has 0 saturated heterocycles. The number of rotatable bonds is 21. The Hall–Kier alpha value is -3.38. The summed E-state index contributed by atoms with van der Waals surface area (Å²) in [7, 11) is -2.35. The van der Waals surface area contributed by atoms with Crippen LogP contribution in [0.2, 0.25) is 5.02 Å². The van der Waals surface area contributed by atoms with Gasteiger partial charge in [-0.05, 0) is 80.0 Å². The smallest absolute Gasteiger partial charge is 0.315 e. The minimum absolute atomic E-state index is 0.0941. The number of carbonyl (C=O) groups excluding carboxylic acids is 1. The molecular formula is C37H49ClN4O10S. The van der Waals surface area contributed by atoms with Gasteiger partial charge in [0.05, 0.1) is 42.5 Å². The summed E-state index contributed by atoms with van der Waals surface area (Å²) in [5.74, 6) is 0.827. The number of pyridine rings is 1. The number of unbranched alkanes of at least 4 members (excludes halogenated alkanes) is 2. The second-order valence-electron chi connectivity index (χ2n) is 13.6. The Morgan fingerprint density at radius 3 is 2.47 bits per heavy atom. The van der Waals surface area contributed by atoms with Gasteiger partial charge in [-0.2, -0.15) is 0 Å². The zero-order chi connectivity index (χ0) is 38.2. The van der Waals surface area contributed by atoms with Crippen molar-refractivity contribution in [3.05, 3.63) is 77.1 Å². The summed E-state index contributed by atoms with van der Waals surface area (Å²) in [5, 5.41) is 53.1. The van der Waals surface area contributed by atoms with E-state index in [-0.39, 0.29) is 30.7 Å². The Kier molecular flexibility index (Phi) is 14.1. The molecule has 0 spiro atoms. The molecule has 7 N–H and O–H groups in total. The molecule has 5 rings (SSSR count). The number of halogens is 1. The summed E-state index contributed by atoms with van der Waals surface area (Å²) in [4.78, 5) is 16.7. The average molecular weight is 777 g/mol. The molecule has 0 radical (unpaired) electrons. The van der Waals surface area contributed by atoms with Crippen molar-refractivity contribution < 1.29 is 48.2 Å². The highest BCUT2D eigenvalue weighted by Crippen LogP contribution is 2.53. The van der Waals surface area contributed by atoms with Crippen LogP contribution in [0.4, 0.5) is 4.79 Å². The molecule has 0 bridgehead atoms. The highest BCUT2D eigenvalue weighted by atomic mass is 35.5. The summed E-state index contributed by atoms with van der Waals surface area (Å²) >= 11 is 6.55. The van der Waals surface area contributed by atoms with E-state index in [1.165, 1.54) is 17.4 Å². The van der Waals surface area contributed by atoms with Crippen molar-refractivity contribution in [2.24, 2.45) is 0 Å². The lowest BCUT2D eigenvalue weighted by Crippen LogP contribution is -2.56. The molecule has 3 aromatic rings. The lowest BCUT2D eigenvalue weighted by atomic mass is 9.96. The topological polar surface area (TPSA) is 211 Å². The molecule has 14 nitrogen and oxygen atoms in total. The van der Waals surface area contributed by atoms with E-state index in [1.54, 1.807) is 18.3 Å². The number of amides is 2. The quantitative estimate of drug-likeness (QED) is 0.0782. The Labute approximate surface area is 314 Å². The zero-order valence-corrected chi connectivity index (χ0v) is 31.2. The first-order valence-corrected chi connectivity index (χ1v) is 19.6. The second-order valence-corrected chi connectivity index (χ2v) is 16.0. The van der Waals surface area contributed by atoms with E-state index >= 15 is 0 Å². The fourth-order valence-electron chi connectivity index (χ4n) is 5.96. The minimum Gasteiger partial charge on any atom is -0.490 e. The molecule has 0 aliphatic heterocycles. The van der Waals surface area contributed by atoms with Gasteiger partial charge >= 0.3 is 6.03 Å². The van der Waals surface area contributed by atoms with Crippen LogP contribution in [-0.4, -0.2) is 113 Å². The second kappa shape index (κ2) is 18.3. The van der Waals surface area contributed by atoms with Crippen molar-refractivity contribution in [2.45, 2.75) is 92.5 Å². The Balaban J connectivity index is 1.12. The molecule has 2 aliphatic carbocycles. The molecule has 1 heterocycles. The number of benzene rings is 2. The molecule has 2 amide bonds. The van der Waals surface area contributed by atoms with Crippen molar-refractivity contribution in [1.29, 1.82) is 0 Å². The summed E-state index contributed by atoms with van der Waals surface area (Å²) in [6, 6.07) is 12.5. The summed E-state index contributed by atoms with van der Waals surface area (Å²) in [6.07, 6.45) is 3.96. The van der Waals surface area contributed by atoms with Crippen LogP contribution in [0.15, 0.2) is 65.8 Å². The predicted molar refractivity (Wildman–Crippen MR) is 197 cm³/mol. The van der Waals surface area contributed by atoms with E-state index in [0.29, 0.717) is 29.8 Å². The molecule has 2 aliphatic rings. The normalized spacial score (nSPS) is 17.5. The Morgan fingerprint density at radius 1 is 1.02 bits per heavy atom. The van der Waals surface area contributed by atoms with E-state index in [0.717, 1.165) is 48.1 Å². The number of hydrogen-bond donors (Lipinski definition) is 7. The van der Waals surface area contributed by atoms with Crippen molar-refractivity contribution in [3.8, 4) is 16.9 Å². The molecule has 2 saturated carbocycles. The van der Waals surface area contributed by atoms with Gasteiger partial charge in [0.2, 0.25) is 10.0 Å². The highest BCUT2D eigenvalue weighted by molar-refractivity contribution is 7.89. The SMILES string of the molecule is CN(CCCCCNC(=O)N[C@H](CO)[C@H](O)[C@@H](O)[C@@H](O)CO)S(=O)(=O)c1ccc(Cl)c(COC2(c3cnccc3-c3ccccc3OC3CC3)CC2)c1. The number of aromatic nitrogens is 1.